The number of methoxy groups -OCH3 is 1. The molecule has 0 radical (unpaired) electrons. The Balaban J connectivity index is 1.84. The second kappa shape index (κ2) is 9.94. The molecule has 2 N–H and O–H groups in total. The third-order valence-corrected chi connectivity index (χ3v) is 4.29. The van der Waals surface area contributed by atoms with E-state index >= 15 is 0 Å². The molecule has 0 unspecified atom stereocenters. The highest BCUT2D eigenvalue weighted by atomic mass is 35.5. The van der Waals surface area contributed by atoms with Crippen LogP contribution in [0.4, 0.5) is 5.69 Å². The summed E-state index contributed by atoms with van der Waals surface area (Å²) in [5.74, 6) is 0.345. The SMILES string of the molecule is CNC(=O)c1ccc(CN(C)CCC(=O)Nc2cc(Cl)ccc2OC)cc1. The Morgan fingerprint density at radius 3 is 2.48 bits per heavy atom. The minimum Gasteiger partial charge on any atom is -0.495 e. The summed E-state index contributed by atoms with van der Waals surface area (Å²) in [7, 11) is 5.09. The summed E-state index contributed by atoms with van der Waals surface area (Å²) in [5, 5.41) is 5.95. The molecule has 2 aromatic rings. The highest BCUT2D eigenvalue weighted by molar-refractivity contribution is 6.31. The number of rotatable bonds is 8. The van der Waals surface area contributed by atoms with E-state index in [2.05, 4.69) is 10.6 Å². The lowest BCUT2D eigenvalue weighted by Crippen LogP contribution is -2.24. The molecule has 0 bridgehead atoms. The third kappa shape index (κ3) is 6.27. The number of hydrogen-bond donors (Lipinski definition) is 2. The van der Waals surface area contributed by atoms with Gasteiger partial charge in [-0.1, -0.05) is 23.7 Å². The summed E-state index contributed by atoms with van der Waals surface area (Å²) in [4.78, 5) is 25.8. The molecule has 2 rings (SSSR count). The van der Waals surface area contributed by atoms with Crippen molar-refractivity contribution in [1.29, 1.82) is 0 Å². The van der Waals surface area contributed by atoms with Crippen LogP contribution >= 0.6 is 11.6 Å². The molecule has 0 aliphatic rings. The van der Waals surface area contributed by atoms with Crippen molar-refractivity contribution in [1.82, 2.24) is 10.2 Å². The lowest BCUT2D eigenvalue weighted by atomic mass is 10.1. The topological polar surface area (TPSA) is 70.7 Å². The number of anilines is 1. The van der Waals surface area contributed by atoms with E-state index in [1.54, 1.807) is 44.5 Å². The number of ether oxygens (including phenoxy) is 1. The fourth-order valence-corrected chi connectivity index (χ4v) is 2.75. The molecule has 0 saturated heterocycles. The third-order valence-electron chi connectivity index (χ3n) is 4.05. The smallest absolute Gasteiger partial charge is 0.251 e. The maximum Gasteiger partial charge on any atom is 0.251 e. The number of halogens is 1. The van der Waals surface area contributed by atoms with Crippen molar-refractivity contribution in [3.05, 3.63) is 58.6 Å². The first kappa shape index (κ1) is 20.7. The number of nitrogens with one attached hydrogen (secondary N) is 2. The van der Waals surface area contributed by atoms with Crippen LogP contribution in [0.1, 0.15) is 22.3 Å². The van der Waals surface area contributed by atoms with Gasteiger partial charge in [0, 0.05) is 37.1 Å². The van der Waals surface area contributed by atoms with Gasteiger partial charge in [-0.3, -0.25) is 9.59 Å². The van der Waals surface area contributed by atoms with Crippen LogP contribution in [0.5, 0.6) is 5.75 Å². The first-order chi connectivity index (χ1) is 12.9. The van der Waals surface area contributed by atoms with Gasteiger partial charge in [0.1, 0.15) is 5.75 Å². The highest BCUT2D eigenvalue weighted by Crippen LogP contribution is 2.27. The van der Waals surface area contributed by atoms with E-state index in [0.29, 0.717) is 41.5 Å². The van der Waals surface area contributed by atoms with Gasteiger partial charge in [-0.2, -0.15) is 0 Å². The van der Waals surface area contributed by atoms with Crippen LogP contribution in [-0.2, 0) is 11.3 Å². The van der Waals surface area contributed by atoms with E-state index in [9.17, 15) is 9.59 Å². The molecule has 0 aromatic heterocycles. The van der Waals surface area contributed by atoms with Crippen LogP contribution in [0.2, 0.25) is 5.02 Å². The fraction of sp³-hybridized carbons (Fsp3) is 0.300. The summed E-state index contributed by atoms with van der Waals surface area (Å²) in [6.45, 7) is 1.27. The zero-order valence-corrected chi connectivity index (χ0v) is 16.5. The summed E-state index contributed by atoms with van der Waals surface area (Å²) in [5.41, 5.74) is 2.25. The second-order valence-electron chi connectivity index (χ2n) is 6.16. The Morgan fingerprint density at radius 1 is 1.15 bits per heavy atom. The number of amides is 2. The van der Waals surface area contributed by atoms with Crippen LogP contribution < -0.4 is 15.4 Å². The number of hydrogen-bond acceptors (Lipinski definition) is 4. The predicted molar refractivity (Wildman–Crippen MR) is 107 cm³/mol. The Bertz CT molecular complexity index is 794. The average molecular weight is 390 g/mol. The molecule has 0 atom stereocenters. The van der Waals surface area contributed by atoms with Gasteiger partial charge < -0.3 is 20.3 Å². The standard InChI is InChI=1S/C20H24ClN3O3/c1-22-20(26)15-6-4-14(5-7-15)13-24(2)11-10-19(25)23-17-12-16(21)8-9-18(17)27-3/h4-9,12H,10-11,13H2,1-3H3,(H,22,26)(H,23,25). The first-order valence-corrected chi connectivity index (χ1v) is 8.93. The van der Waals surface area contributed by atoms with Gasteiger partial charge in [0.05, 0.1) is 12.8 Å². The average Bonchev–Trinajstić information content (AvgIpc) is 2.66. The largest absolute Gasteiger partial charge is 0.495 e. The van der Waals surface area contributed by atoms with E-state index < -0.39 is 0 Å². The molecule has 0 aliphatic heterocycles. The van der Waals surface area contributed by atoms with Crippen molar-refractivity contribution in [2.24, 2.45) is 0 Å². The normalized spacial score (nSPS) is 10.6. The molecule has 144 valence electrons. The monoisotopic (exact) mass is 389 g/mol. The van der Waals surface area contributed by atoms with Gasteiger partial charge >= 0.3 is 0 Å². The lowest BCUT2D eigenvalue weighted by molar-refractivity contribution is -0.116. The molecule has 27 heavy (non-hydrogen) atoms. The number of benzene rings is 2. The maximum absolute atomic E-state index is 12.2. The highest BCUT2D eigenvalue weighted by Gasteiger charge is 2.10. The fourth-order valence-electron chi connectivity index (χ4n) is 2.58. The number of carbonyl (C=O) groups excluding carboxylic acids is 2. The molecule has 6 nitrogen and oxygen atoms in total. The van der Waals surface area contributed by atoms with Crippen molar-refractivity contribution in [3.63, 3.8) is 0 Å². The lowest BCUT2D eigenvalue weighted by Gasteiger charge is -2.17. The van der Waals surface area contributed by atoms with E-state index in [0.717, 1.165) is 5.56 Å². The quantitative estimate of drug-likeness (QED) is 0.727. The van der Waals surface area contributed by atoms with E-state index in [4.69, 9.17) is 16.3 Å². The molecule has 0 aliphatic carbocycles. The molecule has 0 heterocycles. The van der Waals surface area contributed by atoms with Crippen molar-refractivity contribution in [2.75, 3.05) is 33.1 Å². The Kier molecular flexibility index (Phi) is 7.64. The summed E-state index contributed by atoms with van der Waals surface area (Å²) in [6.07, 6.45) is 0.336. The van der Waals surface area contributed by atoms with Gasteiger partial charge in [0.25, 0.3) is 5.91 Å². The summed E-state index contributed by atoms with van der Waals surface area (Å²) >= 11 is 5.97. The van der Waals surface area contributed by atoms with E-state index in [1.807, 2.05) is 24.1 Å². The van der Waals surface area contributed by atoms with Crippen LogP contribution in [0.15, 0.2) is 42.5 Å². The molecule has 7 heteroatoms. The van der Waals surface area contributed by atoms with Crippen molar-refractivity contribution in [2.45, 2.75) is 13.0 Å². The Morgan fingerprint density at radius 2 is 1.85 bits per heavy atom. The van der Waals surface area contributed by atoms with E-state index in [-0.39, 0.29) is 11.8 Å². The molecule has 2 aromatic carbocycles. The Labute approximate surface area is 164 Å². The molecular weight excluding hydrogens is 366 g/mol. The molecule has 2 amide bonds. The van der Waals surface area contributed by atoms with E-state index in [1.165, 1.54) is 0 Å². The maximum atomic E-state index is 12.2. The Hall–Kier alpha value is -2.57. The predicted octanol–water partition coefficient (Wildman–Crippen LogP) is 3.17. The van der Waals surface area contributed by atoms with Crippen LogP contribution in [-0.4, -0.2) is 44.5 Å². The van der Waals surface area contributed by atoms with Crippen LogP contribution in [0, 0.1) is 0 Å². The zero-order chi connectivity index (χ0) is 19.8. The number of carbonyl (C=O) groups is 2. The second-order valence-corrected chi connectivity index (χ2v) is 6.59. The minimum absolute atomic E-state index is 0.108. The molecule has 0 spiro atoms. The van der Waals surface area contributed by atoms with Gasteiger partial charge in [0.2, 0.25) is 5.91 Å². The summed E-state index contributed by atoms with van der Waals surface area (Å²) in [6, 6.07) is 12.5. The molecule has 0 fully saturated rings. The van der Waals surface area contributed by atoms with Gasteiger partial charge in [-0.15, -0.1) is 0 Å². The zero-order valence-electron chi connectivity index (χ0n) is 15.7. The van der Waals surface area contributed by atoms with Crippen molar-refractivity contribution >= 4 is 29.1 Å². The molecular formula is C20H24ClN3O3. The van der Waals surface area contributed by atoms with Crippen LogP contribution in [0.25, 0.3) is 0 Å². The van der Waals surface area contributed by atoms with Gasteiger partial charge in [0.15, 0.2) is 0 Å². The molecule has 0 saturated carbocycles. The number of nitrogens with zero attached hydrogens (tertiary/aromatic N) is 1. The van der Waals surface area contributed by atoms with Crippen LogP contribution in [0.3, 0.4) is 0 Å². The van der Waals surface area contributed by atoms with Gasteiger partial charge in [-0.25, -0.2) is 0 Å². The minimum atomic E-state index is -0.114. The van der Waals surface area contributed by atoms with Crippen molar-refractivity contribution in [3.8, 4) is 5.75 Å². The summed E-state index contributed by atoms with van der Waals surface area (Å²) < 4.78 is 5.23. The van der Waals surface area contributed by atoms with Crippen molar-refractivity contribution < 1.29 is 14.3 Å². The van der Waals surface area contributed by atoms with Gasteiger partial charge in [-0.05, 0) is 42.9 Å². The first-order valence-electron chi connectivity index (χ1n) is 8.56.